The molecule has 28 heavy (non-hydrogen) atoms. The zero-order valence-corrected chi connectivity index (χ0v) is 15.5. The number of carbonyl (C=O) groups excluding carboxylic acids is 1. The van der Waals surface area contributed by atoms with Crippen molar-refractivity contribution in [3.63, 3.8) is 0 Å². The lowest BCUT2D eigenvalue weighted by Crippen LogP contribution is -2.35. The molecule has 1 aliphatic rings. The van der Waals surface area contributed by atoms with E-state index in [1.807, 2.05) is 48.5 Å². The third kappa shape index (κ3) is 3.18. The minimum absolute atomic E-state index is 0.148. The number of rotatable bonds is 4. The van der Waals surface area contributed by atoms with Gasteiger partial charge < -0.3 is 19.5 Å². The number of benzene rings is 2. The molecule has 1 aliphatic heterocycles. The van der Waals surface area contributed by atoms with Gasteiger partial charge in [0.2, 0.25) is 0 Å². The van der Waals surface area contributed by atoms with Crippen LogP contribution in [0.25, 0.3) is 33.1 Å². The molecule has 2 aromatic carbocycles. The number of fused-ring (bicyclic) bond motifs is 2. The summed E-state index contributed by atoms with van der Waals surface area (Å²) in [5, 5.41) is 8.35. The lowest BCUT2D eigenvalue weighted by Gasteiger charge is -2.22. The SMILES string of the molecule is O=C(NCC1CCNCC1)c1cc2ccc(-c3coc4ccccc34)cc2o1. The van der Waals surface area contributed by atoms with Gasteiger partial charge in [-0.15, -0.1) is 0 Å². The van der Waals surface area contributed by atoms with Crippen LogP contribution in [0.2, 0.25) is 0 Å². The number of amides is 1. The van der Waals surface area contributed by atoms with E-state index in [1.54, 1.807) is 6.26 Å². The fraction of sp³-hybridized carbons (Fsp3) is 0.261. The highest BCUT2D eigenvalue weighted by Gasteiger charge is 2.17. The summed E-state index contributed by atoms with van der Waals surface area (Å²) >= 11 is 0. The van der Waals surface area contributed by atoms with Crippen LogP contribution in [-0.2, 0) is 0 Å². The molecule has 3 heterocycles. The van der Waals surface area contributed by atoms with Crippen LogP contribution < -0.4 is 10.6 Å². The Bertz CT molecular complexity index is 1140. The van der Waals surface area contributed by atoms with Gasteiger partial charge in [0.15, 0.2) is 5.76 Å². The fourth-order valence-corrected chi connectivity index (χ4v) is 3.92. The van der Waals surface area contributed by atoms with Crippen molar-refractivity contribution in [1.82, 2.24) is 10.6 Å². The minimum atomic E-state index is -0.148. The van der Waals surface area contributed by atoms with Crippen molar-refractivity contribution in [2.75, 3.05) is 19.6 Å². The Kier molecular flexibility index (Phi) is 4.37. The van der Waals surface area contributed by atoms with Gasteiger partial charge >= 0.3 is 0 Å². The lowest BCUT2D eigenvalue weighted by molar-refractivity contribution is 0.0918. The van der Waals surface area contributed by atoms with Gasteiger partial charge in [-0.05, 0) is 55.6 Å². The molecule has 0 unspecified atom stereocenters. The topological polar surface area (TPSA) is 67.4 Å². The summed E-state index contributed by atoms with van der Waals surface area (Å²) in [7, 11) is 0. The highest BCUT2D eigenvalue weighted by molar-refractivity contribution is 5.99. The first kappa shape index (κ1) is 17.1. The highest BCUT2D eigenvalue weighted by atomic mass is 16.3. The van der Waals surface area contributed by atoms with E-state index >= 15 is 0 Å². The summed E-state index contributed by atoms with van der Waals surface area (Å²) in [6.45, 7) is 2.75. The first-order valence-corrected chi connectivity index (χ1v) is 9.77. The van der Waals surface area contributed by atoms with Gasteiger partial charge in [0.1, 0.15) is 11.2 Å². The second-order valence-corrected chi connectivity index (χ2v) is 7.41. The third-order valence-electron chi connectivity index (χ3n) is 5.55. The van der Waals surface area contributed by atoms with Crippen LogP contribution in [0.3, 0.4) is 0 Å². The van der Waals surface area contributed by atoms with Gasteiger partial charge in [0, 0.05) is 22.9 Å². The van der Waals surface area contributed by atoms with Gasteiger partial charge in [-0.3, -0.25) is 4.79 Å². The van der Waals surface area contributed by atoms with Crippen LogP contribution in [0, 0.1) is 5.92 Å². The Morgan fingerprint density at radius 2 is 1.93 bits per heavy atom. The van der Waals surface area contributed by atoms with Crippen molar-refractivity contribution >= 4 is 27.8 Å². The van der Waals surface area contributed by atoms with E-state index in [0.717, 1.165) is 53.4 Å². The standard InChI is InChI=1S/C23H22N2O3/c26-23(25-13-15-7-9-24-10-8-15)22-12-17-6-5-16(11-21(17)28-22)19-14-27-20-4-2-1-3-18(19)20/h1-6,11-12,14-15,24H,7-10,13H2,(H,25,26). The molecule has 0 saturated carbocycles. The Balaban J connectivity index is 1.38. The summed E-state index contributed by atoms with van der Waals surface area (Å²) in [4.78, 5) is 12.5. The van der Waals surface area contributed by atoms with Gasteiger partial charge in [-0.2, -0.15) is 0 Å². The van der Waals surface area contributed by atoms with E-state index in [9.17, 15) is 4.79 Å². The summed E-state index contributed by atoms with van der Waals surface area (Å²) in [5.74, 6) is 0.749. The molecule has 0 radical (unpaired) electrons. The summed E-state index contributed by atoms with van der Waals surface area (Å²) in [5.41, 5.74) is 3.59. The third-order valence-corrected chi connectivity index (χ3v) is 5.55. The largest absolute Gasteiger partial charge is 0.464 e. The molecule has 4 aromatic rings. The number of carbonyl (C=O) groups is 1. The van der Waals surface area contributed by atoms with Crippen LogP contribution in [0.1, 0.15) is 23.4 Å². The maximum atomic E-state index is 12.5. The molecule has 0 atom stereocenters. The molecule has 142 valence electrons. The normalized spacial score (nSPS) is 15.3. The smallest absolute Gasteiger partial charge is 0.287 e. The zero-order chi connectivity index (χ0) is 18.9. The van der Waals surface area contributed by atoms with Crippen LogP contribution in [-0.4, -0.2) is 25.5 Å². The molecular formula is C23H22N2O3. The molecule has 1 fully saturated rings. The maximum absolute atomic E-state index is 12.5. The number of hydrogen-bond acceptors (Lipinski definition) is 4. The minimum Gasteiger partial charge on any atom is -0.464 e. The van der Waals surface area contributed by atoms with E-state index in [1.165, 1.54) is 0 Å². The summed E-state index contributed by atoms with van der Waals surface area (Å²) in [6.07, 6.45) is 3.96. The fourth-order valence-electron chi connectivity index (χ4n) is 3.92. The van der Waals surface area contributed by atoms with Crippen molar-refractivity contribution in [2.45, 2.75) is 12.8 Å². The maximum Gasteiger partial charge on any atom is 0.287 e. The van der Waals surface area contributed by atoms with Crippen LogP contribution in [0.4, 0.5) is 0 Å². The predicted octanol–water partition coefficient (Wildman–Crippen LogP) is 4.58. The van der Waals surface area contributed by atoms with Crippen molar-refractivity contribution in [1.29, 1.82) is 0 Å². The molecular weight excluding hydrogens is 352 g/mol. The Hall–Kier alpha value is -3.05. The Morgan fingerprint density at radius 1 is 1.07 bits per heavy atom. The molecule has 5 heteroatoms. The van der Waals surface area contributed by atoms with Gasteiger partial charge in [-0.25, -0.2) is 0 Å². The molecule has 0 bridgehead atoms. The molecule has 5 nitrogen and oxygen atoms in total. The van der Waals surface area contributed by atoms with E-state index < -0.39 is 0 Å². The van der Waals surface area contributed by atoms with Crippen LogP contribution >= 0.6 is 0 Å². The quantitative estimate of drug-likeness (QED) is 0.549. The highest BCUT2D eigenvalue weighted by Crippen LogP contribution is 2.33. The Morgan fingerprint density at radius 3 is 2.82 bits per heavy atom. The van der Waals surface area contributed by atoms with Crippen molar-refractivity contribution < 1.29 is 13.6 Å². The van der Waals surface area contributed by atoms with Gasteiger partial charge in [0.25, 0.3) is 5.91 Å². The van der Waals surface area contributed by atoms with Gasteiger partial charge in [-0.1, -0.05) is 30.3 Å². The van der Waals surface area contributed by atoms with E-state index in [0.29, 0.717) is 23.8 Å². The van der Waals surface area contributed by atoms with Crippen molar-refractivity contribution in [3.05, 3.63) is 60.6 Å². The van der Waals surface area contributed by atoms with Crippen molar-refractivity contribution in [2.24, 2.45) is 5.92 Å². The van der Waals surface area contributed by atoms with E-state index in [4.69, 9.17) is 8.83 Å². The number of para-hydroxylation sites is 1. The second-order valence-electron chi connectivity index (χ2n) is 7.41. The number of nitrogens with one attached hydrogen (secondary N) is 2. The van der Waals surface area contributed by atoms with Crippen LogP contribution in [0.15, 0.2) is 63.6 Å². The summed E-state index contributed by atoms with van der Waals surface area (Å²) < 4.78 is 11.5. The monoisotopic (exact) mass is 374 g/mol. The molecule has 0 aliphatic carbocycles. The number of hydrogen-bond donors (Lipinski definition) is 2. The van der Waals surface area contributed by atoms with E-state index in [2.05, 4.69) is 10.6 Å². The van der Waals surface area contributed by atoms with Crippen molar-refractivity contribution in [3.8, 4) is 11.1 Å². The Labute approximate surface area is 162 Å². The number of furan rings is 2. The average molecular weight is 374 g/mol. The number of piperidine rings is 1. The lowest BCUT2D eigenvalue weighted by atomic mass is 9.98. The first-order chi connectivity index (χ1) is 13.8. The average Bonchev–Trinajstić information content (AvgIpc) is 3.36. The molecule has 0 spiro atoms. The molecule has 5 rings (SSSR count). The first-order valence-electron chi connectivity index (χ1n) is 9.77. The molecule has 1 saturated heterocycles. The van der Waals surface area contributed by atoms with Crippen LogP contribution in [0.5, 0.6) is 0 Å². The molecule has 2 aromatic heterocycles. The second kappa shape index (κ2) is 7.17. The molecule has 2 N–H and O–H groups in total. The summed E-state index contributed by atoms with van der Waals surface area (Å²) in [6, 6.07) is 15.7. The molecule has 1 amide bonds. The van der Waals surface area contributed by atoms with E-state index in [-0.39, 0.29) is 5.91 Å². The zero-order valence-electron chi connectivity index (χ0n) is 15.5. The predicted molar refractivity (Wildman–Crippen MR) is 109 cm³/mol. The van der Waals surface area contributed by atoms with Gasteiger partial charge in [0.05, 0.1) is 6.26 Å².